The van der Waals surface area contributed by atoms with Crippen molar-refractivity contribution in [1.29, 1.82) is 0 Å². The number of alkyl halides is 3. The van der Waals surface area contributed by atoms with Crippen LogP contribution < -0.4 is 0 Å². The number of methoxy groups -OCH3 is 2. The predicted octanol–water partition coefficient (Wildman–Crippen LogP) is 1.17. The zero-order valence-corrected chi connectivity index (χ0v) is 14.0. The van der Waals surface area contributed by atoms with Crippen LogP contribution in [0.5, 0.6) is 0 Å². The van der Waals surface area contributed by atoms with Crippen molar-refractivity contribution in [1.82, 2.24) is 0 Å². The fourth-order valence-corrected chi connectivity index (χ4v) is 9.05. The number of fused-ring (bicyclic) bond motifs is 4. The molecule has 0 spiro atoms. The highest BCUT2D eigenvalue weighted by atomic mass is 35.5. The lowest BCUT2D eigenvalue weighted by atomic mass is 9.44. The molecule has 3 unspecified atom stereocenters. The van der Waals surface area contributed by atoms with Gasteiger partial charge in [0.25, 0.3) is 6.47 Å². The molecular weight excluding hydrogens is 355 g/mol. The van der Waals surface area contributed by atoms with Crippen LogP contribution in [0.2, 0.25) is 0 Å². The van der Waals surface area contributed by atoms with Gasteiger partial charge in [-0.3, -0.25) is 9.59 Å². The first-order valence-corrected chi connectivity index (χ1v) is 8.29. The van der Waals surface area contributed by atoms with Gasteiger partial charge in [0.15, 0.2) is 10.7 Å². The molecule has 5 rings (SSSR count). The van der Waals surface area contributed by atoms with Gasteiger partial charge in [-0.05, 0) is 11.8 Å². The Morgan fingerprint density at radius 2 is 1.64 bits per heavy atom. The van der Waals surface area contributed by atoms with Crippen LogP contribution >= 0.6 is 34.8 Å². The van der Waals surface area contributed by atoms with Gasteiger partial charge < -0.3 is 14.2 Å². The topological polar surface area (TPSA) is 61.8 Å². The molecule has 0 aromatic carbocycles. The molecule has 22 heavy (non-hydrogen) atoms. The van der Waals surface area contributed by atoms with Crippen LogP contribution in [0.3, 0.4) is 0 Å². The van der Waals surface area contributed by atoms with Crippen LogP contribution in [0.25, 0.3) is 0 Å². The van der Waals surface area contributed by atoms with Crippen molar-refractivity contribution in [3.63, 3.8) is 0 Å². The van der Waals surface area contributed by atoms with Gasteiger partial charge in [-0.25, -0.2) is 0 Å². The van der Waals surface area contributed by atoms with E-state index in [1.807, 2.05) is 0 Å². The summed E-state index contributed by atoms with van der Waals surface area (Å²) in [7, 11) is 2.87. The molecule has 0 heterocycles. The molecule has 0 aliphatic heterocycles. The molecular formula is C14H13Cl3O5. The van der Waals surface area contributed by atoms with Crippen molar-refractivity contribution in [2.45, 2.75) is 26.5 Å². The van der Waals surface area contributed by atoms with Crippen molar-refractivity contribution < 1.29 is 23.8 Å². The normalized spacial score (nSPS) is 64.3. The standard InChI is InChI=1S/C14H13Cl3O5/c1-20-14(21-2)12(16)6-5-4-7(6)13(14,17)11(15,10(12)19)8(4)9(5)22-3-18/h3-9H,1-2H3/t4-,5?,6?,7+,8+,9?,11-,12+,13-/m1/s1. The van der Waals surface area contributed by atoms with E-state index in [4.69, 9.17) is 49.0 Å². The van der Waals surface area contributed by atoms with Gasteiger partial charge >= 0.3 is 0 Å². The fraction of sp³-hybridized carbons (Fsp3) is 0.857. The van der Waals surface area contributed by atoms with Crippen LogP contribution in [0, 0.1) is 29.6 Å². The number of ketones is 1. The van der Waals surface area contributed by atoms with E-state index in [1.165, 1.54) is 14.2 Å². The second kappa shape index (κ2) is 3.47. The molecule has 0 aromatic rings. The Morgan fingerprint density at radius 1 is 1.00 bits per heavy atom. The molecule has 0 radical (unpaired) electrons. The van der Waals surface area contributed by atoms with Crippen LogP contribution in [-0.2, 0) is 23.8 Å². The molecule has 0 N–H and O–H groups in total. The van der Waals surface area contributed by atoms with Crippen LogP contribution in [-0.4, -0.2) is 53.0 Å². The Morgan fingerprint density at radius 3 is 2.18 bits per heavy atom. The summed E-state index contributed by atoms with van der Waals surface area (Å²) in [5.74, 6) is -2.34. The van der Waals surface area contributed by atoms with E-state index in [1.54, 1.807) is 0 Å². The van der Waals surface area contributed by atoms with E-state index in [0.29, 0.717) is 6.47 Å². The molecule has 2 bridgehead atoms. The third-order valence-corrected chi connectivity index (χ3v) is 9.41. The first-order chi connectivity index (χ1) is 10.3. The number of hydrogen-bond acceptors (Lipinski definition) is 5. The zero-order chi connectivity index (χ0) is 15.9. The average Bonchev–Trinajstić information content (AvgIpc) is 2.62. The van der Waals surface area contributed by atoms with E-state index in [0.717, 1.165) is 0 Å². The van der Waals surface area contributed by atoms with Gasteiger partial charge in [0.05, 0.1) is 0 Å². The summed E-state index contributed by atoms with van der Waals surface area (Å²) < 4.78 is 16.4. The Hall–Kier alpha value is -0.0700. The zero-order valence-electron chi connectivity index (χ0n) is 11.7. The van der Waals surface area contributed by atoms with E-state index in [-0.39, 0.29) is 35.4 Å². The number of hydrogen-bond donors (Lipinski definition) is 0. The van der Waals surface area contributed by atoms with E-state index in [9.17, 15) is 9.59 Å². The first-order valence-electron chi connectivity index (χ1n) is 7.15. The Balaban J connectivity index is 1.80. The summed E-state index contributed by atoms with van der Waals surface area (Å²) in [6.45, 7) is 0.407. The smallest absolute Gasteiger partial charge is 0.293 e. The van der Waals surface area contributed by atoms with Crippen LogP contribution in [0.15, 0.2) is 0 Å². The molecule has 0 amide bonds. The quantitative estimate of drug-likeness (QED) is 0.424. The van der Waals surface area contributed by atoms with Crippen molar-refractivity contribution in [2.24, 2.45) is 29.6 Å². The Kier molecular flexibility index (Phi) is 2.26. The number of halogens is 3. The van der Waals surface area contributed by atoms with Gasteiger partial charge in [0.2, 0.25) is 5.79 Å². The summed E-state index contributed by atoms with van der Waals surface area (Å²) in [5.41, 5.74) is 0. The van der Waals surface area contributed by atoms with Gasteiger partial charge in [0, 0.05) is 32.0 Å². The van der Waals surface area contributed by atoms with Crippen molar-refractivity contribution in [3.05, 3.63) is 0 Å². The van der Waals surface area contributed by atoms with Gasteiger partial charge in [-0.1, -0.05) is 0 Å². The van der Waals surface area contributed by atoms with E-state index < -0.39 is 26.5 Å². The maximum atomic E-state index is 13.2. The minimum Gasteiger partial charge on any atom is -0.464 e. The number of ether oxygens (including phenoxy) is 3. The molecule has 5 aliphatic rings. The highest BCUT2D eigenvalue weighted by molar-refractivity contribution is 6.55. The third kappa shape index (κ3) is 0.809. The first kappa shape index (κ1) is 14.3. The summed E-state index contributed by atoms with van der Waals surface area (Å²) in [4.78, 5) is 19.9. The average molecular weight is 368 g/mol. The molecule has 5 saturated carbocycles. The maximum absolute atomic E-state index is 13.2. The molecule has 9 atom stereocenters. The number of rotatable bonds is 4. The molecule has 5 fully saturated rings. The summed E-state index contributed by atoms with van der Waals surface area (Å²) >= 11 is 20.7. The van der Waals surface area contributed by atoms with Crippen LogP contribution in [0.4, 0.5) is 0 Å². The largest absolute Gasteiger partial charge is 0.464 e. The molecule has 0 saturated heterocycles. The second-order valence-electron chi connectivity index (χ2n) is 6.92. The van der Waals surface area contributed by atoms with Gasteiger partial charge in [0.1, 0.15) is 15.9 Å². The van der Waals surface area contributed by atoms with Crippen molar-refractivity contribution in [3.8, 4) is 0 Å². The van der Waals surface area contributed by atoms with Crippen molar-refractivity contribution in [2.75, 3.05) is 14.2 Å². The summed E-state index contributed by atoms with van der Waals surface area (Å²) in [6.07, 6.45) is -0.404. The molecule has 120 valence electrons. The highest BCUT2D eigenvalue weighted by Gasteiger charge is 3.06. The third-order valence-electron chi connectivity index (χ3n) is 7.12. The SMILES string of the molecule is COC1(OC)[C@@]2(Cl)C(=O)[C@]3(Cl)[C@@H]4C(OC=O)C5C2[C@H]([C@@H]54)[C@]13Cl. The molecule has 0 aromatic heterocycles. The van der Waals surface area contributed by atoms with E-state index in [2.05, 4.69) is 0 Å². The monoisotopic (exact) mass is 366 g/mol. The summed E-state index contributed by atoms with van der Waals surface area (Å²) in [5, 5.41) is 0. The molecule has 8 heteroatoms. The predicted molar refractivity (Wildman–Crippen MR) is 75.9 cm³/mol. The Bertz CT molecular complexity index is 638. The van der Waals surface area contributed by atoms with Gasteiger partial charge in [-0.2, -0.15) is 0 Å². The Labute approximate surface area is 141 Å². The van der Waals surface area contributed by atoms with Crippen LogP contribution in [0.1, 0.15) is 0 Å². The lowest BCUT2D eigenvalue weighted by molar-refractivity contribution is -0.237. The van der Waals surface area contributed by atoms with Crippen molar-refractivity contribution >= 4 is 47.1 Å². The molecule has 5 nitrogen and oxygen atoms in total. The van der Waals surface area contributed by atoms with Gasteiger partial charge in [-0.15, -0.1) is 34.8 Å². The lowest BCUT2D eigenvalue weighted by Crippen LogP contribution is -2.68. The summed E-state index contributed by atoms with van der Waals surface area (Å²) in [6, 6.07) is 0. The second-order valence-corrected chi connectivity index (χ2v) is 8.71. The minimum atomic E-state index is -1.47. The van der Waals surface area contributed by atoms with E-state index >= 15 is 0 Å². The number of Topliss-reactive ketones (excluding diaryl/α,β-unsaturated/α-hetero) is 1. The number of carbonyl (C=O) groups is 2. The maximum Gasteiger partial charge on any atom is 0.293 e. The highest BCUT2D eigenvalue weighted by Crippen LogP contribution is 2.92. The minimum absolute atomic E-state index is 0.00456. The molecule has 5 aliphatic carbocycles. The fourth-order valence-electron chi connectivity index (χ4n) is 6.76. The lowest BCUT2D eigenvalue weighted by Gasteiger charge is -2.62. The number of carbonyl (C=O) groups excluding carboxylic acids is 2.